The highest BCUT2D eigenvalue weighted by Crippen LogP contribution is 2.39. The van der Waals surface area contributed by atoms with Gasteiger partial charge < -0.3 is 21.1 Å². The molecule has 7 nitrogen and oxygen atoms in total. The normalized spacial score (nSPS) is 17.0. The van der Waals surface area contributed by atoms with Crippen molar-refractivity contribution in [2.24, 2.45) is 0 Å². The van der Waals surface area contributed by atoms with Crippen molar-refractivity contribution < 1.29 is 18.3 Å². The number of urea groups is 1. The number of aryl methyl sites for hydroxylation is 1. The highest BCUT2D eigenvalue weighted by molar-refractivity contribution is 7.92. The van der Waals surface area contributed by atoms with E-state index in [0.717, 1.165) is 24.1 Å². The third kappa shape index (κ3) is 4.49. The lowest BCUT2D eigenvalue weighted by Gasteiger charge is -2.24. The number of piperidine rings is 1. The molecule has 1 fully saturated rings. The summed E-state index contributed by atoms with van der Waals surface area (Å²) in [5, 5.41) is 18.1. The van der Waals surface area contributed by atoms with E-state index in [2.05, 4.69) is 16.0 Å². The van der Waals surface area contributed by atoms with Gasteiger partial charge in [-0.05, 0) is 62.6 Å². The molecule has 2 aromatic carbocycles. The lowest BCUT2D eigenvalue weighted by Crippen LogP contribution is -2.38. The van der Waals surface area contributed by atoms with Gasteiger partial charge >= 0.3 is 6.03 Å². The fraction of sp³-hybridized carbons (Fsp3) is 0.350. The first kappa shape index (κ1) is 21.4. The number of nitrogens with one attached hydrogen (secondary N) is 3. The Kier molecular flexibility index (Phi) is 6.36. The van der Waals surface area contributed by atoms with Crippen molar-refractivity contribution in [1.29, 1.82) is 0 Å². The van der Waals surface area contributed by atoms with E-state index in [9.17, 15) is 18.3 Å². The van der Waals surface area contributed by atoms with Crippen LogP contribution in [0.15, 0.2) is 35.2 Å². The number of carbonyl (C=O) groups is 1. The molecule has 9 heteroatoms. The largest absolute Gasteiger partial charge is 0.504 e. The Morgan fingerprint density at radius 1 is 1.17 bits per heavy atom. The van der Waals surface area contributed by atoms with Gasteiger partial charge in [0.25, 0.3) is 0 Å². The molecule has 2 aromatic rings. The summed E-state index contributed by atoms with van der Waals surface area (Å²) in [4.78, 5) is 12.1. The fourth-order valence-corrected chi connectivity index (χ4v) is 5.67. The summed E-state index contributed by atoms with van der Waals surface area (Å²) in [6, 6.07) is 7.65. The zero-order chi connectivity index (χ0) is 21.2. The summed E-state index contributed by atoms with van der Waals surface area (Å²) in [5.41, 5.74) is 2.53. The third-order valence-electron chi connectivity index (χ3n) is 5.16. The molecule has 156 valence electrons. The lowest BCUT2D eigenvalue weighted by atomic mass is 10.1. The van der Waals surface area contributed by atoms with Gasteiger partial charge in [0.2, 0.25) is 0 Å². The van der Waals surface area contributed by atoms with Gasteiger partial charge in [-0.1, -0.05) is 23.7 Å². The molecule has 1 aliphatic heterocycles. The SMILES string of the molecule is Cc1cccc(NC(=O)Nc2ccc(Cl)c(S(=O)(=O)C3CCCNC3)c2O)c1C. The highest BCUT2D eigenvalue weighted by Gasteiger charge is 2.34. The number of hydrogen-bond acceptors (Lipinski definition) is 5. The van der Waals surface area contributed by atoms with E-state index in [1.165, 1.54) is 12.1 Å². The van der Waals surface area contributed by atoms with Crippen LogP contribution in [0.3, 0.4) is 0 Å². The average molecular weight is 438 g/mol. The van der Waals surface area contributed by atoms with Crippen LogP contribution in [0.1, 0.15) is 24.0 Å². The zero-order valence-electron chi connectivity index (χ0n) is 16.3. The van der Waals surface area contributed by atoms with Crippen molar-refractivity contribution in [2.45, 2.75) is 36.8 Å². The maximum Gasteiger partial charge on any atom is 0.323 e. The first-order valence-corrected chi connectivity index (χ1v) is 11.2. The van der Waals surface area contributed by atoms with Gasteiger partial charge in [-0.3, -0.25) is 0 Å². The second-order valence-electron chi connectivity index (χ2n) is 7.11. The van der Waals surface area contributed by atoms with E-state index in [1.807, 2.05) is 26.0 Å². The minimum Gasteiger partial charge on any atom is -0.504 e. The lowest BCUT2D eigenvalue weighted by molar-refractivity contribution is 0.262. The van der Waals surface area contributed by atoms with Crippen molar-refractivity contribution in [1.82, 2.24) is 5.32 Å². The number of halogens is 1. The molecule has 0 saturated carbocycles. The number of phenolic OH excluding ortho intramolecular Hbond substituents is 1. The molecular weight excluding hydrogens is 414 g/mol. The molecule has 0 aromatic heterocycles. The van der Waals surface area contributed by atoms with Gasteiger partial charge in [0.1, 0.15) is 4.90 Å². The van der Waals surface area contributed by atoms with E-state index in [0.29, 0.717) is 18.7 Å². The highest BCUT2D eigenvalue weighted by atomic mass is 35.5. The molecule has 1 aliphatic rings. The van der Waals surface area contributed by atoms with Crippen LogP contribution in [0.25, 0.3) is 0 Å². The summed E-state index contributed by atoms with van der Waals surface area (Å²) in [6.45, 7) is 4.86. The van der Waals surface area contributed by atoms with Gasteiger partial charge in [-0.2, -0.15) is 0 Å². The summed E-state index contributed by atoms with van der Waals surface area (Å²) in [6.07, 6.45) is 1.20. The molecule has 1 heterocycles. The predicted molar refractivity (Wildman–Crippen MR) is 115 cm³/mol. The van der Waals surface area contributed by atoms with Gasteiger partial charge in [-0.15, -0.1) is 0 Å². The van der Waals surface area contributed by atoms with Gasteiger partial charge in [0.15, 0.2) is 15.6 Å². The van der Waals surface area contributed by atoms with Crippen LogP contribution in [-0.4, -0.2) is 37.9 Å². The number of hydrogen-bond donors (Lipinski definition) is 4. The number of amides is 2. The monoisotopic (exact) mass is 437 g/mol. The zero-order valence-corrected chi connectivity index (χ0v) is 17.8. The first-order chi connectivity index (χ1) is 13.7. The summed E-state index contributed by atoms with van der Waals surface area (Å²) in [5.74, 6) is -0.556. The third-order valence-corrected chi connectivity index (χ3v) is 7.85. The number of benzene rings is 2. The van der Waals surface area contributed by atoms with Crippen LogP contribution in [0.2, 0.25) is 5.02 Å². The standard InChI is InChI=1S/C20H24ClN3O4S/c1-12-5-3-7-16(13(12)2)23-20(26)24-17-9-8-15(21)19(18(17)25)29(27,28)14-6-4-10-22-11-14/h3,5,7-9,14,22,25H,4,6,10-11H2,1-2H3,(H2,23,24,26). The molecule has 0 radical (unpaired) electrons. The van der Waals surface area contributed by atoms with E-state index in [-0.39, 0.29) is 15.6 Å². The fourth-order valence-electron chi connectivity index (χ4n) is 3.33. The van der Waals surface area contributed by atoms with Crippen molar-refractivity contribution in [3.05, 3.63) is 46.5 Å². The second kappa shape index (κ2) is 8.61. The van der Waals surface area contributed by atoms with Crippen molar-refractivity contribution in [2.75, 3.05) is 23.7 Å². The van der Waals surface area contributed by atoms with Crippen LogP contribution >= 0.6 is 11.6 Å². The van der Waals surface area contributed by atoms with Gasteiger partial charge in [0.05, 0.1) is 16.0 Å². The number of anilines is 2. The quantitative estimate of drug-likeness (QED) is 0.543. The summed E-state index contributed by atoms with van der Waals surface area (Å²) < 4.78 is 26.1. The van der Waals surface area contributed by atoms with Gasteiger partial charge in [0, 0.05) is 12.2 Å². The number of phenols is 1. The van der Waals surface area contributed by atoms with Crippen LogP contribution in [0.5, 0.6) is 5.75 Å². The van der Waals surface area contributed by atoms with Crippen LogP contribution in [0.4, 0.5) is 16.2 Å². The van der Waals surface area contributed by atoms with E-state index < -0.39 is 26.9 Å². The maximum absolute atomic E-state index is 13.0. The number of carbonyl (C=O) groups excluding carboxylic acids is 1. The van der Waals surface area contributed by atoms with Crippen LogP contribution < -0.4 is 16.0 Å². The Morgan fingerprint density at radius 2 is 1.90 bits per heavy atom. The Morgan fingerprint density at radius 3 is 2.59 bits per heavy atom. The minimum atomic E-state index is -3.87. The summed E-state index contributed by atoms with van der Waals surface area (Å²) >= 11 is 6.12. The van der Waals surface area contributed by atoms with Crippen molar-refractivity contribution in [3.63, 3.8) is 0 Å². The first-order valence-electron chi connectivity index (χ1n) is 9.32. The van der Waals surface area contributed by atoms with E-state index in [4.69, 9.17) is 11.6 Å². The van der Waals surface area contributed by atoms with Crippen molar-refractivity contribution in [3.8, 4) is 5.75 Å². The predicted octanol–water partition coefficient (Wildman–Crippen LogP) is 3.83. The molecule has 1 unspecified atom stereocenters. The molecule has 0 bridgehead atoms. The van der Waals surface area contributed by atoms with Crippen LogP contribution in [0, 0.1) is 13.8 Å². The van der Waals surface area contributed by atoms with E-state index in [1.54, 1.807) is 6.07 Å². The van der Waals surface area contributed by atoms with Crippen LogP contribution in [-0.2, 0) is 9.84 Å². The molecule has 1 saturated heterocycles. The summed E-state index contributed by atoms with van der Waals surface area (Å²) in [7, 11) is -3.87. The molecule has 4 N–H and O–H groups in total. The van der Waals surface area contributed by atoms with E-state index >= 15 is 0 Å². The average Bonchev–Trinajstić information content (AvgIpc) is 2.68. The van der Waals surface area contributed by atoms with Crippen molar-refractivity contribution >= 4 is 38.8 Å². The number of rotatable bonds is 4. The second-order valence-corrected chi connectivity index (χ2v) is 9.68. The number of sulfone groups is 1. The minimum absolute atomic E-state index is 0.0282. The molecule has 29 heavy (non-hydrogen) atoms. The molecule has 0 spiro atoms. The molecular formula is C20H24ClN3O4S. The Balaban J connectivity index is 1.87. The molecule has 2 amide bonds. The Hall–Kier alpha value is -2.29. The maximum atomic E-state index is 13.0. The van der Waals surface area contributed by atoms with Gasteiger partial charge in [-0.25, -0.2) is 13.2 Å². The molecule has 1 atom stereocenters. The topological polar surface area (TPSA) is 108 Å². The Bertz CT molecular complexity index is 1030. The Labute approximate surface area is 175 Å². The number of aromatic hydroxyl groups is 1. The molecule has 3 rings (SSSR count). The molecule has 0 aliphatic carbocycles. The smallest absolute Gasteiger partial charge is 0.323 e.